The minimum Gasteiger partial charge on any atom is -0.484 e. The molecule has 2 aromatic carbocycles. The summed E-state index contributed by atoms with van der Waals surface area (Å²) in [4.78, 5) is 23.5. The van der Waals surface area contributed by atoms with Gasteiger partial charge in [-0.2, -0.15) is 0 Å². The van der Waals surface area contributed by atoms with Gasteiger partial charge in [-0.1, -0.05) is 63.2 Å². The highest BCUT2D eigenvalue weighted by Crippen LogP contribution is 2.32. The van der Waals surface area contributed by atoms with E-state index in [1.165, 1.54) is 11.3 Å². The lowest BCUT2D eigenvalue weighted by molar-refractivity contribution is 0.0683. The monoisotopic (exact) mass is 487 g/mol. The van der Waals surface area contributed by atoms with Gasteiger partial charge >= 0.3 is 5.97 Å². The second kappa shape index (κ2) is 10.7. The molecule has 1 fully saturated rings. The molecule has 0 radical (unpaired) electrons. The molecule has 0 spiro atoms. The quantitative estimate of drug-likeness (QED) is 0.427. The molecule has 4 rings (SSSR count). The van der Waals surface area contributed by atoms with Gasteiger partial charge in [-0.05, 0) is 61.3 Å². The Balaban J connectivity index is 1.43. The topological polar surface area (TPSA) is 75.6 Å². The first-order valence-electron chi connectivity index (χ1n) is 12.8. The zero-order chi connectivity index (χ0) is 25.9. The Hall–Kier alpha value is -3.41. The SMILES string of the molecule is Cc1nc(C[C@@H]2CCN(c3ccc(C(C)(C)C)cc3)[C@@H](C)C2)nc(C(=O)O)c1OCc1ccccc1. The van der Waals surface area contributed by atoms with Crippen LogP contribution in [0, 0.1) is 12.8 Å². The Morgan fingerprint density at radius 2 is 1.78 bits per heavy atom. The van der Waals surface area contributed by atoms with Gasteiger partial charge in [-0.15, -0.1) is 0 Å². The fraction of sp³-hybridized carbons (Fsp3) is 0.433. The van der Waals surface area contributed by atoms with Gasteiger partial charge < -0.3 is 14.7 Å². The Kier molecular flexibility index (Phi) is 7.62. The minimum atomic E-state index is -1.09. The average molecular weight is 488 g/mol. The molecule has 1 aromatic heterocycles. The number of carboxylic acid groups (broad SMARTS) is 1. The molecular formula is C30H37N3O3. The van der Waals surface area contributed by atoms with Crippen molar-refractivity contribution in [3.8, 4) is 5.75 Å². The molecule has 0 bridgehead atoms. The number of rotatable bonds is 7. The molecule has 1 N–H and O–H groups in total. The first-order chi connectivity index (χ1) is 17.1. The third-order valence-corrected chi connectivity index (χ3v) is 7.03. The summed E-state index contributed by atoms with van der Waals surface area (Å²) in [6, 6.07) is 19.0. The number of carboxylic acids is 1. The third-order valence-electron chi connectivity index (χ3n) is 7.03. The van der Waals surface area contributed by atoms with Crippen LogP contribution < -0.4 is 9.64 Å². The summed E-state index contributed by atoms with van der Waals surface area (Å²) in [6.45, 7) is 12.0. The average Bonchev–Trinajstić information content (AvgIpc) is 2.83. The highest BCUT2D eigenvalue weighted by molar-refractivity contribution is 5.88. The van der Waals surface area contributed by atoms with Crippen molar-refractivity contribution in [3.63, 3.8) is 0 Å². The normalized spacial score (nSPS) is 18.2. The summed E-state index contributed by atoms with van der Waals surface area (Å²) in [5, 5.41) is 9.81. The molecular weight excluding hydrogens is 450 g/mol. The molecule has 0 aliphatic carbocycles. The van der Waals surface area contributed by atoms with Crippen LogP contribution in [0.3, 0.4) is 0 Å². The van der Waals surface area contributed by atoms with Crippen molar-refractivity contribution in [2.24, 2.45) is 5.92 Å². The predicted molar refractivity (Wildman–Crippen MR) is 143 cm³/mol. The van der Waals surface area contributed by atoms with Gasteiger partial charge in [0.15, 0.2) is 11.4 Å². The fourth-order valence-corrected chi connectivity index (χ4v) is 5.01. The Labute approximate surface area is 214 Å². The summed E-state index contributed by atoms with van der Waals surface area (Å²) in [6.07, 6.45) is 2.70. The lowest BCUT2D eigenvalue weighted by atomic mass is 9.86. The van der Waals surface area contributed by atoms with Crippen molar-refractivity contribution in [3.05, 3.63) is 82.9 Å². The van der Waals surface area contributed by atoms with Crippen LogP contribution in [-0.2, 0) is 18.4 Å². The molecule has 0 unspecified atom stereocenters. The number of anilines is 1. The van der Waals surface area contributed by atoms with Gasteiger partial charge in [0.25, 0.3) is 0 Å². The zero-order valence-corrected chi connectivity index (χ0v) is 22.0. The maximum Gasteiger partial charge on any atom is 0.358 e. The third kappa shape index (κ3) is 6.04. The van der Waals surface area contributed by atoms with Crippen molar-refractivity contribution in [2.75, 3.05) is 11.4 Å². The lowest BCUT2D eigenvalue weighted by Crippen LogP contribution is -2.41. The van der Waals surface area contributed by atoms with Crippen LogP contribution in [0.25, 0.3) is 0 Å². The standard InChI is InChI=1S/C30H37N3O3/c1-20-17-23(15-16-33(20)25-13-11-24(12-14-25)30(3,4)5)18-26-31-21(2)28(27(32-26)29(34)35)36-19-22-9-7-6-8-10-22/h6-14,20,23H,15-19H2,1-5H3,(H,34,35)/t20-,23+/m0/s1. The number of aromatic nitrogens is 2. The zero-order valence-electron chi connectivity index (χ0n) is 22.0. The van der Waals surface area contributed by atoms with E-state index in [2.05, 4.69) is 66.8 Å². The van der Waals surface area contributed by atoms with Gasteiger partial charge in [0, 0.05) is 24.7 Å². The number of nitrogens with zero attached hydrogens (tertiary/aromatic N) is 3. The molecule has 1 aliphatic rings. The summed E-state index contributed by atoms with van der Waals surface area (Å²) >= 11 is 0. The van der Waals surface area contributed by atoms with Crippen molar-refractivity contribution < 1.29 is 14.6 Å². The van der Waals surface area contributed by atoms with Crippen LogP contribution in [-0.4, -0.2) is 33.6 Å². The van der Waals surface area contributed by atoms with E-state index in [-0.39, 0.29) is 23.5 Å². The van der Waals surface area contributed by atoms with Crippen molar-refractivity contribution in [1.82, 2.24) is 9.97 Å². The van der Waals surface area contributed by atoms with E-state index in [1.54, 1.807) is 6.92 Å². The van der Waals surface area contributed by atoms with Gasteiger partial charge in [-0.3, -0.25) is 0 Å². The van der Waals surface area contributed by atoms with Gasteiger partial charge in [0.2, 0.25) is 0 Å². The molecule has 1 saturated heterocycles. The van der Waals surface area contributed by atoms with E-state index in [0.29, 0.717) is 29.9 Å². The Morgan fingerprint density at radius 3 is 2.39 bits per heavy atom. The van der Waals surface area contributed by atoms with E-state index in [4.69, 9.17) is 4.74 Å². The molecule has 36 heavy (non-hydrogen) atoms. The molecule has 2 heterocycles. The predicted octanol–water partition coefficient (Wildman–Crippen LogP) is 6.21. The number of piperidine rings is 1. The van der Waals surface area contributed by atoms with E-state index < -0.39 is 5.97 Å². The van der Waals surface area contributed by atoms with Crippen molar-refractivity contribution in [2.45, 2.75) is 71.9 Å². The van der Waals surface area contributed by atoms with Crippen molar-refractivity contribution >= 4 is 11.7 Å². The number of aromatic carboxylic acids is 1. The van der Waals surface area contributed by atoms with Crippen LogP contribution >= 0.6 is 0 Å². The summed E-state index contributed by atoms with van der Waals surface area (Å²) in [5.41, 5.74) is 4.22. The molecule has 6 heteroatoms. The van der Waals surface area contributed by atoms with E-state index >= 15 is 0 Å². The van der Waals surface area contributed by atoms with Gasteiger partial charge in [-0.25, -0.2) is 14.8 Å². The first-order valence-corrected chi connectivity index (χ1v) is 12.8. The summed E-state index contributed by atoms with van der Waals surface area (Å²) < 4.78 is 5.86. The van der Waals surface area contributed by atoms with Crippen LogP contribution in [0.4, 0.5) is 5.69 Å². The van der Waals surface area contributed by atoms with Crippen LogP contribution in [0.15, 0.2) is 54.6 Å². The number of hydrogen-bond acceptors (Lipinski definition) is 5. The molecule has 3 aromatic rings. The Morgan fingerprint density at radius 1 is 1.08 bits per heavy atom. The van der Waals surface area contributed by atoms with Crippen molar-refractivity contribution in [1.29, 1.82) is 0 Å². The highest BCUT2D eigenvalue weighted by atomic mass is 16.5. The molecule has 0 amide bonds. The molecule has 1 aliphatic heterocycles. The lowest BCUT2D eigenvalue weighted by Gasteiger charge is -2.39. The van der Waals surface area contributed by atoms with Gasteiger partial charge in [0.05, 0.1) is 5.69 Å². The maximum absolute atomic E-state index is 12.0. The maximum atomic E-state index is 12.0. The first kappa shape index (κ1) is 25.7. The highest BCUT2D eigenvalue weighted by Gasteiger charge is 2.28. The Bertz CT molecular complexity index is 1190. The molecule has 0 saturated carbocycles. The molecule has 6 nitrogen and oxygen atoms in total. The fourth-order valence-electron chi connectivity index (χ4n) is 5.01. The number of aryl methyl sites for hydroxylation is 1. The summed E-state index contributed by atoms with van der Waals surface area (Å²) in [7, 11) is 0. The minimum absolute atomic E-state index is 0.0575. The molecule has 2 atom stereocenters. The van der Waals surface area contributed by atoms with E-state index in [1.807, 2.05) is 30.3 Å². The van der Waals surface area contributed by atoms with E-state index in [9.17, 15) is 9.90 Å². The number of benzene rings is 2. The van der Waals surface area contributed by atoms with Crippen LogP contribution in [0.5, 0.6) is 5.75 Å². The smallest absolute Gasteiger partial charge is 0.358 e. The number of ether oxygens (including phenoxy) is 1. The van der Waals surface area contributed by atoms with Crippen LogP contribution in [0.1, 0.15) is 73.7 Å². The molecule has 190 valence electrons. The largest absolute Gasteiger partial charge is 0.484 e. The number of carbonyl (C=O) groups is 1. The second-order valence-corrected chi connectivity index (χ2v) is 10.9. The summed E-state index contributed by atoms with van der Waals surface area (Å²) in [5.74, 6) is 0.142. The number of hydrogen-bond donors (Lipinski definition) is 1. The van der Waals surface area contributed by atoms with E-state index in [0.717, 1.165) is 24.9 Å². The second-order valence-electron chi connectivity index (χ2n) is 10.9. The van der Waals surface area contributed by atoms with Gasteiger partial charge in [0.1, 0.15) is 12.4 Å². The van der Waals surface area contributed by atoms with Crippen LogP contribution in [0.2, 0.25) is 0 Å².